The zero-order valence-electron chi connectivity index (χ0n) is 12.6. The molecule has 2 atom stereocenters. The summed E-state index contributed by atoms with van der Waals surface area (Å²) in [7, 11) is 0. The molecule has 1 spiro atoms. The summed E-state index contributed by atoms with van der Waals surface area (Å²) in [4.78, 5) is 8.13. The number of nitrogens with one attached hydrogen (secondary N) is 1. The number of thiophene rings is 1. The van der Waals surface area contributed by atoms with Crippen LogP contribution in [0.4, 0.5) is 5.69 Å². The van der Waals surface area contributed by atoms with Gasteiger partial charge in [0.2, 0.25) is 0 Å². The van der Waals surface area contributed by atoms with Crippen LogP contribution in [-0.4, -0.2) is 41.2 Å². The third kappa shape index (κ3) is 3.02. The van der Waals surface area contributed by atoms with Crippen LogP contribution >= 0.6 is 11.3 Å². The average molecular weight is 315 g/mol. The van der Waals surface area contributed by atoms with Crippen LogP contribution in [0, 0.1) is 0 Å². The van der Waals surface area contributed by atoms with E-state index in [2.05, 4.69) is 38.8 Å². The molecule has 2 aromatic rings. The molecule has 4 nitrogen and oxygen atoms in total. The Bertz CT molecular complexity index is 604. The van der Waals surface area contributed by atoms with Gasteiger partial charge in [0.1, 0.15) is 0 Å². The van der Waals surface area contributed by atoms with Crippen molar-refractivity contribution in [2.24, 2.45) is 0 Å². The Hall–Kier alpha value is -1.43. The Morgan fingerprint density at radius 1 is 1.41 bits per heavy atom. The maximum Gasteiger partial charge on any atom is 0.0842 e. The third-order valence-corrected chi connectivity index (χ3v) is 5.46. The maximum atomic E-state index is 6.21. The summed E-state index contributed by atoms with van der Waals surface area (Å²) in [5.41, 5.74) is 1.14. The molecule has 0 saturated carbocycles. The molecular formula is C17H21N3OS. The minimum Gasteiger partial charge on any atom is -0.379 e. The molecule has 22 heavy (non-hydrogen) atoms. The highest BCUT2D eigenvalue weighted by atomic mass is 32.1. The van der Waals surface area contributed by atoms with Crippen molar-refractivity contribution in [3.8, 4) is 0 Å². The second kappa shape index (κ2) is 5.99. The van der Waals surface area contributed by atoms with Gasteiger partial charge < -0.3 is 10.1 Å². The van der Waals surface area contributed by atoms with Crippen molar-refractivity contribution in [3.63, 3.8) is 0 Å². The third-order valence-electron chi connectivity index (χ3n) is 4.60. The summed E-state index contributed by atoms with van der Waals surface area (Å²) in [5, 5.41) is 5.70. The van der Waals surface area contributed by atoms with Gasteiger partial charge in [-0.05, 0) is 30.0 Å². The minimum atomic E-state index is 0.0527. The molecule has 0 unspecified atom stereocenters. The van der Waals surface area contributed by atoms with E-state index in [4.69, 9.17) is 4.74 Å². The molecule has 2 aliphatic heterocycles. The lowest BCUT2D eigenvalue weighted by Crippen LogP contribution is -2.33. The Balaban J connectivity index is 1.34. The molecule has 2 saturated heterocycles. The number of aromatic nitrogens is 1. The molecule has 116 valence electrons. The summed E-state index contributed by atoms with van der Waals surface area (Å²) in [6.45, 7) is 4.04. The van der Waals surface area contributed by atoms with Crippen LogP contribution < -0.4 is 5.32 Å². The van der Waals surface area contributed by atoms with E-state index in [1.807, 2.05) is 23.6 Å². The van der Waals surface area contributed by atoms with Crippen molar-refractivity contribution >= 4 is 17.0 Å². The molecule has 2 aliphatic rings. The van der Waals surface area contributed by atoms with Gasteiger partial charge in [0.15, 0.2) is 0 Å². The molecule has 4 rings (SSSR count). The van der Waals surface area contributed by atoms with Crippen molar-refractivity contribution in [2.75, 3.05) is 25.0 Å². The Kier molecular flexibility index (Phi) is 3.86. The molecule has 4 heterocycles. The smallest absolute Gasteiger partial charge is 0.0842 e. The van der Waals surface area contributed by atoms with Gasteiger partial charge >= 0.3 is 0 Å². The molecule has 0 aromatic carbocycles. The van der Waals surface area contributed by atoms with E-state index in [0.29, 0.717) is 6.04 Å². The van der Waals surface area contributed by atoms with E-state index in [-0.39, 0.29) is 5.60 Å². The summed E-state index contributed by atoms with van der Waals surface area (Å²) >= 11 is 1.84. The van der Waals surface area contributed by atoms with Crippen LogP contribution in [-0.2, 0) is 11.3 Å². The van der Waals surface area contributed by atoms with E-state index in [0.717, 1.165) is 44.8 Å². The number of hydrogen-bond acceptors (Lipinski definition) is 5. The molecule has 2 aromatic heterocycles. The maximum absolute atomic E-state index is 6.21. The van der Waals surface area contributed by atoms with Crippen molar-refractivity contribution < 1.29 is 4.74 Å². The average Bonchev–Trinajstić information content (AvgIpc) is 3.25. The van der Waals surface area contributed by atoms with Gasteiger partial charge in [0.25, 0.3) is 0 Å². The Morgan fingerprint density at radius 2 is 2.41 bits per heavy atom. The van der Waals surface area contributed by atoms with E-state index >= 15 is 0 Å². The number of ether oxygens (including phenoxy) is 1. The van der Waals surface area contributed by atoms with Crippen molar-refractivity contribution in [2.45, 2.75) is 31.0 Å². The van der Waals surface area contributed by atoms with Gasteiger partial charge in [-0.25, -0.2) is 0 Å². The fraction of sp³-hybridized carbons (Fsp3) is 0.471. The second-order valence-electron chi connectivity index (χ2n) is 6.32. The van der Waals surface area contributed by atoms with Crippen LogP contribution in [0.3, 0.4) is 0 Å². The quantitative estimate of drug-likeness (QED) is 0.941. The lowest BCUT2D eigenvalue weighted by molar-refractivity contribution is 0.0120. The lowest BCUT2D eigenvalue weighted by atomic mass is 9.97. The molecule has 0 aliphatic carbocycles. The van der Waals surface area contributed by atoms with E-state index in [1.54, 1.807) is 6.20 Å². The highest BCUT2D eigenvalue weighted by Crippen LogP contribution is 2.36. The number of nitrogens with zero attached hydrogens (tertiary/aromatic N) is 2. The topological polar surface area (TPSA) is 37.4 Å². The van der Waals surface area contributed by atoms with Gasteiger partial charge in [-0.2, -0.15) is 0 Å². The largest absolute Gasteiger partial charge is 0.379 e. The summed E-state index contributed by atoms with van der Waals surface area (Å²) in [6, 6.07) is 8.77. The van der Waals surface area contributed by atoms with Gasteiger partial charge in [0.05, 0.1) is 23.9 Å². The van der Waals surface area contributed by atoms with E-state index < -0.39 is 0 Å². The van der Waals surface area contributed by atoms with Crippen LogP contribution in [0.1, 0.15) is 17.7 Å². The summed E-state index contributed by atoms with van der Waals surface area (Å²) in [6.07, 6.45) is 5.91. The SMILES string of the molecule is c1cncc(N[C@H]2CO[C@@]3(CCN(Cc4cccs4)C3)C2)c1. The summed E-state index contributed by atoms with van der Waals surface area (Å²) in [5.74, 6) is 0. The zero-order chi connectivity index (χ0) is 14.8. The van der Waals surface area contributed by atoms with Crippen LogP contribution in [0.25, 0.3) is 0 Å². The molecule has 5 heteroatoms. The summed E-state index contributed by atoms with van der Waals surface area (Å²) < 4.78 is 6.21. The first kappa shape index (κ1) is 14.2. The first-order chi connectivity index (χ1) is 10.8. The first-order valence-corrected chi connectivity index (χ1v) is 8.75. The van der Waals surface area contributed by atoms with Crippen molar-refractivity contribution in [1.82, 2.24) is 9.88 Å². The molecule has 0 bridgehead atoms. The molecular weight excluding hydrogens is 294 g/mol. The number of hydrogen-bond donors (Lipinski definition) is 1. The monoisotopic (exact) mass is 315 g/mol. The number of anilines is 1. The standard InChI is InChI=1S/C17H21N3OS/c1-3-14(10-18-6-1)19-15-9-17(21-12-15)5-7-20(13-17)11-16-4-2-8-22-16/h1-4,6,8,10,15,19H,5,7,9,11-13H2/t15-,17+/m1/s1. The Labute approximate surface area is 135 Å². The Morgan fingerprint density at radius 3 is 3.23 bits per heavy atom. The van der Waals surface area contributed by atoms with Gasteiger partial charge in [-0.15, -0.1) is 11.3 Å². The normalized spacial score (nSPS) is 28.5. The van der Waals surface area contributed by atoms with Gasteiger partial charge in [0, 0.05) is 43.3 Å². The molecule has 2 fully saturated rings. The first-order valence-electron chi connectivity index (χ1n) is 7.87. The highest BCUT2D eigenvalue weighted by Gasteiger charge is 2.45. The fourth-order valence-electron chi connectivity index (χ4n) is 3.59. The molecule has 0 amide bonds. The molecule has 1 N–H and O–H groups in total. The number of likely N-dealkylation sites (tertiary alicyclic amines) is 1. The second-order valence-corrected chi connectivity index (χ2v) is 7.35. The van der Waals surface area contributed by atoms with Crippen LogP contribution in [0.5, 0.6) is 0 Å². The predicted octanol–water partition coefficient (Wildman–Crippen LogP) is 2.99. The fourth-order valence-corrected chi connectivity index (χ4v) is 4.34. The number of rotatable bonds is 4. The van der Waals surface area contributed by atoms with Crippen LogP contribution in [0.15, 0.2) is 42.0 Å². The molecule has 0 radical (unpaired) electrons. The van der Waals surface area contributed by atoms with E-state index in [9.17, 15) is 0 Å². The minimum absolute atomic E-state index is 0.0527. The lowest BCUT2D eigenvalue weighted by Gasteiger charge is -2.23. The number of pyridine rings is 1. The van der Waals surface area contributed by atoms with Gasteiger partial charge in [-0.3, -0.25) is 9.88 Å². The zero-order valence-corrected chi connectivity index (χ0v) is 13.4. The predicted molar refractivity (Wildman–Crippen MR) is 89.2 cm³/mol. The highest BCUT2D eigenvalue weighted by molar-refractivity contribution is 7.09. The van der Waals surface area contributed by atoms with Gasteiger partial charge in [-0.1, -0.05) is 6.07 Å². The van der Waals surface area contributed by atoms with Crippen molar-refractivity contribution in [1.29, 1.82) is 0 Å². The van der Waals surface area contributed by atoms with Crippen LogP contribution in [0.2, 0.25) is 0 Å². The van der Waals surface area contributed by atoms with E-state index in [1.165, 1.54) is 4.88 Å². The van der Waals surface area contributed by atoms with Crippen molar-refractivity contribution in [3.05, 3.63) is 46.9 Å².